The lowest BCUT2D eigenvalue weighted by Crippen LogP contribution is -2.38. The molecule has 0 bridgehead atoms. The molecule has 0 N–H and O–H groups in total. The average Bonchev–Trinajstić information content (AvgIpc) is 2.69. The van der Waals surface area contributed by atoms with E-state index in [-0.39, 0.29) is 12.1 Å². The van der Waals surface area contributed by atoms with Crippen LogP contribution in [-0.2, 0) is 9.47 Å². The van der Waals surface area contributed by atoms with Crippen molar-refractivity contribution in [2.45, 2.75) is 96.7 Å². The summed E-state index contributed by atoms with van der Waals surface area (Å²) in [7, 11) is 0. The Hall–Kier alpha value is -0.410. The van der Waals surface area contributed by atoms with Crippen LogP contribution >= 0.6 is 0 Å². The van der Waals surface area contributed by atoms with Crippen LogP contribution in [0.4, 0.5) is 4.39 Å². The third-order valence-electron chi connectivity index (χ3n) is 6.93. The lowest BCUT2D eigenvalue weighted by molar-refractivity contribution is -0.230. The molecular weight excluding hydrogens is 327 g/mol. The number of hydrogen-bond donors (Lipinski definition) is 0. The molecule has 2 fully saturated rings. The van der Waals surface area contributed by atoms with E-state index in [9.17, 15) is 4.39 Å². The van der Waals surface area contributed by atoms with Crippen molar-refractivity contribution in [1.82, 2.24) is 0 Å². The van der Waals surface area contributed by atoms with Crippen LogP contribution in [0.2, 0.25) is 0 Å². The van der Waals surface area contributed by atoms with Gasteiger partial charge in [-0.25, -0.2) is 4.39 Å². The summed E-state index contributed by atoms with van der Waals surface area (Å²) in [4.78, 5) is 0. The Morgan fingerprint density at radius 3 is 2.27 bits per heavy atom. The van der Waals surface area contributed by atoms with E-state index < -0.39 is 0 Å². The highest BCUT2D eigenvalue weighted by atomic mass is 19.1. The molecule has 0 aromatic heterocycles. The molecule has 0 aromatic carbocycles. The van der Waals surface area contributed by atoms with Crippen molar-refractivity contribution in [2.75, 3.05) is 13.2 Å². The predicted molar refractivity (Wildman–Crippen MR) is 105 cm³/mol. The van der Waals surface area contributed by atoms with Crippen LogP contribution in [0.1, 0.15) is 90.4 Å². The minimum Gasteiger partial charge on any atom is -0.352 e. The molecular formula is C23H39FO2. The normalized spacial score (nSPS) is 35.9. The van der Waals surface area contributed by atoms with E-state index in [1.807, 2.05) is 6.08 Å². The van der Waals surface area contributed by atoms with Gasteiger partial charge in [-0.3, -0.25) is 0 Å². The molecule has 0 amide bonds. The number of ether oxygens (including phenoxy) is 2. The third-order valence-corrected chi connectivity index (χ3v) is 6.93. The highest BCUT2D eigenvalue weighted by Gasteiger charge is 2.32. The summed E-state index contributed by atoms with van der Waals surface area (Å²) in [6, 6.07) is 0. The molecule has 1 atom stereocenters. The molecule has 3 rings (SSSR count). The zero-order chi connectivity index (χ0) is 18.2. The molecule has 2 aliphatic carbocycles. The Labute approximate surface area is 159 Å². The van der Waals surface area contributed by atoms with Gasteiger partial charge in [0.05, 0.1) is 19.0 Å². The molecule has 150 valence electrons. The van der Waals surface area contributed by atoms with Gasteiger partial charge in [-0.05, 0) is 69.6 Å². The van der Waals surface area contributed by atoms with Gasteiger partial charge in [0.2, 0.25) is 0 Å². The van der Waals surface area contributed by atoms with E-state index in [0.29, 0.717) is 18.3 Å². The van der Waals surface area contributed by atoms with E-state index in [1.165, 1.54) is 64.2 Å². The summed E-state index contributed by atoms with van der Waals surface area (Å²) < 4.78 is 25.3. The molecule has 1 aliphatic heterocycles. The van der Waals surface area contributed by atoms with Crippen LogP contribution in [-0.4, -0.2) is 19.5 Å². The third kappa shape index (κ3) is 6.34. The molecule has 2 nitrogen and oxygen atoms in total. The fourth-order valence-electron chi connectivity index (χ4n) is 5.02. The van der Waals surface area contributed by atoms with Crippen molar-refractivity contribution >= 4 is 0 Å². The lowest BCUT2D eigenvalue weighted by Gasteiger charge is -2.38. The standard InChI is InChI=1S/C23H39FO2/c1-2-3-4-5-20-16-25-23(26-17-20)21-12-8-18(9-13-21)6-7-19-10-14-22(24)15-11-19/h14,18-21,23H,2-13,15-17H2,1H3. The van der Waals surface area contributed by atoms with Gasteiger partial charge >= 0.3 is 0 Å². The van der Waals surface area contributed by atoms with E-state index in [1.54, 1.807) is 0 Å². The summed E-state index contributed by atoms with van der Waals surface area (Å²) >= 11 is 0. The van der Waals surface area contributed by atoms with Crippen molar-refractivity contribution in [1.29, 1.82) is 0 Å². The van der Waals surface area contributed by atoms with Gasteiger partial charge < -0.3 is 9.47 Å². The maximum atomic E-state index is 13.1. The molecule has 26 heavy (non-hydrogen) atoms. The fourth-order valence-corrected chi connectivity index (χ4v) is 5.02. The summed E-state index contributed by atoms with van der Waals surface area (Å²) in [5, 5.41) is 0. The van der Waals surface area contributed by atoms with Crippen molar-refractivity contribution in [3.63, 3.8) is 0 Å². The van der Waals surface area contributed by atoms with E-state index in [0.717, 1.165) is 37.9 Å². The van der Waals surface area contributed by atoms with E-state index >= 15 is 0 Å². The smallest absolute Gasteiger partial charge is 0.160 e. The van der Waals surface area contributed by atoms with Crippen LogP contribution < -0.4 is 0 Å². The van der Waals surface area contributed by atoms with Crippen LogP contribution in [0, 0.1) is 23.7 Å². The minimum absolute atomic E-state index is 0.0600. The molecule has 1 unspecified atom stereocenters. The quantitative estimate of drug-likeness (QED) is 0.440. The van der Waals surface area contributed by atoms with Crippen LogP contribution in [0.5, 0.6) is 0 Å². The largest absolute Gasteiger partial charge is 0.352 e. The van der Waals surface area contributed by atoms with Crippen molar-refractivity contribution in [3.8, 4) is 0 Å². The summed E-state index contributed by atoms with van der Waals surface area (Å²) in [5.41, 5.74) is 0. The average molecular weight is 367 g/mol. The fraction of sp³-hybridized carbons (Fsp3) is 0.913. The molecule has 0 aromatic rings. The Morgan fingerprint density at radius 2 is 1.62 bits per heavy atom. The molecule has 1 heterocycles. The zero-order valence-electron chi connectivity index (χ0n) is 16.8. The maximum absolute atomic E-state index is 13.1. The van der Waals surface area contributed by atoms with Crippen LogP contribution in [0.3, 0.4) is 0 Å². The summed E-state index contributed by atoms with van der Waals surface area (Å²) in [6.45, 7) is 4.06. The SMILES string of the molecule is CCCCCC1COC(C2CCC(CCC3CC=C(F)CC3)CC2)OC1. The van der Waals surface area contributed by atoms with Crippen molar-refractivity contribution < 1.29 is 13.9 Å². The van der Waals surface area contributed by atoms with Gasteiger partial charge in [0.25, 0.3) is 0 Å². The van der Waals surface area contributed by atoms with Gasteiger partial charge in [0.15, 0.2) is 6.29 Å². The summed E-state index contributed by atoms with van der Waals surface area (Å²) in [6.07, 6.45) is 17.5. The predicted octanol–water partition coefficient (Wildman–Crippen LogP) is 6.80. The second kappa shape index (κ2) is 10.8. The van der Waals surface area contributed by atoms with Gasteiger partial charge in [0.1, 0.15) is 0 Å². The van der Waals surface area contributed by atoms with Gasteiger partial charge in [0, 0.05) is 11.8 Å². The maximum Gasteiger partial charge on any atom is 0.160 e. The van der Waals surface area contributed by atoms with Crippen molar-refractivity contribution in [2.24, 2.45) is 23.7 Å². The first-order valence-corrected chi connectivity index (χ1v) is 11.3. The first-order valence-electron chi connectivity index (χ1n) is 11.3. The number of allylic oxidation sites excluding steroid dienone is 2. The highest BCUT2D eigenvalue weighted by Crippen LogP contribution is 2.38. The second-order valence-corrected chi connectivity index (χ2v) is 9.05. The first-order chi connectivity index (χ1) is 12.7. The molecule has 3 heteroatoms. The Bertz CT molecular complexity index is 420. The van der Waals surface area contributed by atoms with Gasteiger partial charge in [-0.15, -0.1) is 0 Å². The van der Waals surface area contributed by atoms with E-state index in [4.69, 9.17) is 9.47 Å². The lowest BCUT2D eigenvalue weighted by atomic mass is 9.77. The minimum atomic E-state index is 0.0600. The molecule has 3 aliphatic rings. The Kier molecular flexibility index (Phi) is 8.45. The molecule has 1 saturated heterocycles. The van der Waals surface area contributed by atoms with Crippen molar-refractivity contribution in [3.05, 3.63) is 11.9 Å². The topological polar surface area (TPSA) is 18.5 Å². The number of hydrogen-bond acceptors (Lipinski definition) is 2. The molecule has 1 saturated carbocycles. The summed E-state index contributed by atoms with van der Waals surface area (Å²) in [5.74, 6) is 2.93. The molecule has 0 spiro atoms. The van der Waals surface area contributed by atoms with Gasteiger partial charge in [-0.1, -0.05) is 38.7 Å². The van der Waals surface area contributed by atoms with Crippen LogP contribution in [0.15, 0.2) is 11.9 Å². The number of halogens is 1. The molecule has 0 radical (unpaired) electrons. The number of rotatable bonds is 8. The monoisotopic (exact) mass is 366 g/mol. The van der Waals surface area contributed by atoms with Gasteiger partial charge in [-0.2, -0.15) is 0 Å². The zero-order valence-corrected chi connectivity index (χ0v) is 16.8. The second-order valence-electron chi connectivity index (χ2n) is 9.05. The number of unbranched alkanes of at least 4 members (excludes halogenated alkanes) is 2. The van der Waals surface area contributed by atoms with E-state index in [2.05, 4.69) is 6.92 Å². The Morgan fingerprint density at radius 1 is 0.885 bits per heavy atom. The highest BCUT2D eigenvalue weighted by molar-refractivity contribution is 4.97. The first kappa shape index (κ1) is 20.3. The van der Waals surface area contributed by atoms with Crippen LogP contribution in [0.25, 0.3) is 0 Å². The Balaban J connectivity index is 1.28.